The van der Waals surface area contributed by atoms with Gasteiger partial charge in [0.05, 0.1) is 25.3 Å². The van der Waals surface area contributed by atoms with E-state index in [1.54, 1.807) is 24.3 Å². The zero-order valence-electron chi connectivity index (χ0n) is 16.0. The summed E-state index contributed by atoms with van der Waals surface area (Å²) < 4.78 is 4.66. The van der Waals surface area contributed by atoms with E-state index in [9.17, 15) is 14.7 Å². The van der Waals surface area contributed by atoms with Crippen LogP contribution in [0.3, 0.4) is 0 Å². The number of methoxy groups -OCH3 is 1. The lowest BCUT2D eigenvalue weighted by Gasteiger charge is -2.34. The molecule has 1 fully saturated rings. The molecule has 6 nitrogen and oxygen atoms in total. The number of benzene rings is 2. The van der Waals surface area contributed by atoms with Crippen molar-refractivity contribution in [2.75, 3.05) is 32.1 Å². The summed E-state index contributed by atoms with van der Waals surface area (Å²) >= 11 is 0. The van der Waals surface area contributed by atoms with E-state index in [2.05, 4.69) is 15.0 Å². The Bertz CT molecular complexity index is 784. The van der Waals surface area contributed by atoms with Crippen LogP contribution >= 0.6 is 0 Å². The molecule has 2 aromatic rings. The quantitative estimate of drug-likeness (QED) is 0.751. The molecular formula is C22H26N2O4. The summed E-state index contributed by atoms with van der Waals surface area (Å²) in [4.78, 5) is 25.8. The maximum Gasteiger partial charge on any atom is 0.337 e. The third-order valence-corrected chi connectivity index (χ3v) is 5.18. The van der Waals surface area contributed by atoms with Crippen LogP contribution in [0, 0.1) is 5.92 Å². The number of likely N-dealkylation sites (tertiary alicyclic amines) is 1. The third kappa shape index (κ3) is 5.18. The molecule has 2 aromatic carbocycles. The number of anilines is 1. The van der Waals surface area contributed by atoms with Gasteiger partial charge in [0.15, 0.2) is 0 Å². The van der Waals surface area contributed by atoms with Crippen molar-refractivity contribution in [2.45, 2.75) is 18.9 Å². The minimum absolute atomic E-state index is 0.0899. The second-order valence-electron chi connectivity index (χ2n) is 7.09. The molecule has 3 rings (SSSR count). The fourth-order valence-corrected chi connectivity index (χ4v) is 3.56. The second kappa shape index (κ2) is 9.48. The molecule has 1 unspecified atom stereocenters. The van der Waals surface area contributed by atoms with Crippen LogP contribution in [-0.4, -0.2) is 48.6 Å². The number of nitrogens with zero attached hydrogens (tertiary/aromatic N) is 1. The predicted octanol–water partition coefficient (Wildman–Crippen LogP) is 2.86. The molecular weight excluding hydrogens is 356 g/mol. The van der Waals surface area contributed by atoms with E-state index in [1.807, 2.05) is 30.3 Å². The van der Waals surface area contributed by atoms with Gasteiger partial charge in [-0.3, -0.25) is 9.69 Å². The van der Waals surface area contributed by atoms with E-state index >= 15 is 0 Å². The van der Waals surface area contributed by atoms with Crippen LogP contribution in [-0.2, 0) is 9.53 Å². The van der Waals surface area contributed by atoms with Gasteiger partial charge in [-0.2, -0.15) is 0 Å². The van der Waals surface area contributed by atoms with E-state index in [-0.39, 0.29) is 11.8 Å². The minimum atomic E-state index is -0.453. The number of nitrogens with one attached hydrogen (secondary N) is 1. The van der Waals surface area contributed by atoms with Crippen molar-refractivity contribution in [3.05, 3.63) is 65.7 Å². The van der Waals surface area contributed by atoms with Crippen molar-refractivity contribution >= 4 is 17.6 Å². The third-order valence-electron chi connectivity index (χ3n) is 5.18. The molecule has 0 aliphatic carbocycles. The molecule has 0 aromatic heterocycles. The summed E-state index contributed by atoms with van der Waals surface area (Å²) in [6.07, 6.45) is 1.26. The van der Waals surface area contributed by atoms with E-state index < -0.39 is 12.1 Å². The van der Waals surface area contributed by atoms with Gasteiger partial charge in [0, 0.05) is 5.69 Å². The number of esters is 1. The highest BCUT2D eigenvalue weighted by atomic mass is 16.5. The summed E-state index contributed by atoms with van der Waals surface area (Å²) in [5.41, 5.74) is 2.04. The smallest absolute Gasteiger partial charge is 0.337 e. The molecule has 0 saturated carbocycles. The number of piperidine rings is 1. The van der Waals surface area contributed by atoms with Gasteiger partial charge >= 0.3 is 5.97 Å². The van der Waals surface area contributed by atoms with Gasteiger partial charge in [0.2, 0.25) is 5.91 Å². The van der Waals surface area contributed by atoms with Gasteiger partial charge in [-0.1, -0.05) is 30.3 Å². The van der Waals surface area contributed by atoms with Crippen LogP contribution in [0.25, 0.3) is 0 Å². The number of ether oxygens (including phenoxy) is 1. The SMILES string of the molecule is COC(=O)c1ccc(NC(=O)CN2CCC(C(O)c3ccccc3)CC2)cc1. The fourth-order valence-electron chi connectivity index (χ4n) is 3.56. The second-order valence-corrected chi connectivity index (χ2v) is 7.09. The molecule has 28 heavy (non-hydrogen) atoms. The van der Waals surface area contributed by atoms with E-state index in [0.717, 1.165) is 31.5 Å². The summed E-state index contributed by atoms with van der Waals surface area (Å²) in [7, 11) is 1.33. The molecule has 1 heterocycles. The first-order chi connectivity index (χ1) is 13.6. The fraction of sp³-hybridized carbons (Fsp3) is 0.364. The average Bonchev–Trinajstić information content (AvgIpc) is 2.74. The van der Waals surface area contributed by atoms with Crippen LogP contribution in [0.1, 0.15) is 34.9 Å². The standard InChI is InChI=1S/C22H26N2O4/c1-28-22(27)18-7-9-19(10-8-18)23-20(25)15-24-13-11-17(12-14-24)21(26)16-5-3-2-4-6-16/h2-10,17,21,26H,11-15H2,1H3,(H,23,25). The highest BCUT2D eigenvalue weighted by Gasteiger charge is 2.26. The highest BCUT2D eigenvalue weighted by molar-refractivity contribution is 5.93. The van der Waals surface area contributed by atoms with Crippen molar-refractivity contribution in [1.82, 2.24) is 4.90 Å². The monoisotopic (exact) mass is 382 g/mol. The molecule has 1 aliphatic rings. The molecule has 0 bridgehead atoms. The first-order valence-corrected chi connectivity index (χ1v) is 9.50. The number of amides is 1. The Morgan fingerprint density at radius 3 is 2.36 bits per heavy atom. The lowest BCUT2D eigenvalue weighted by Crippen LogP contribution is -2.40. The molecule has 148 valence electrons. The molecule has 6 heteroatoms. The highest BCUT2D eigenvalue weighted by Crippen LogP contribution is 2.30. The number of carbonyl (C=O) groups is 2. The van der Waals surface area contributed by atoms with Gasteiger partial charge in [-0.05, 0) is 61.7 Å². The van der Waals surface area contributed by atoms with Crippen LogP contribution in [0.2, 0.25) is 0 Å². The van der Waals surface area contributed by atoms with Gasteiger partial charge in [0.1, 0.15) is 0 Å². The first kappa shape index (κ1) is 20.0. The van der Waals surface area contributed by atoms with Gasteiger partial charge in [-0.25, -0.2) is 4.79 Å². The number of hydrogen-bond acceptors (Lipinski definition) is 5. The molecule has 0 radical (unpaired) electrons. The number of hydrogen-bond donors (Lipinski definition) is 2. The van der Waals surface area contributed by atoms with Crippen LogP contribution in [0.5, 0.6) is 0 Å². The zero-order chi connectivity index (χ0) is 19.9. The maximum absolute atomic E-state index is 12.3. The van der Waals surface area contributed by atoms with Gasteiger partial charge < -0.3 is 15.2 Å². The summed E-state index contributed by atoms with van der Waals surface area (Å²) in [5.74, 6) is -0.279. The Labute approximate surface area is 165 Å². The zero-order valence-corrected chi connectivity index (χ0v) is 16.0. The summed E-state index contributed by atoms with van der Waals surface area (Å²) in [6.45, 7) is 1.87. The number of rotatable bonds is 6. The molecule has 0 spiro atoms. The lowest BCUT2D eigenvalue weighted by atomic mass is 9.87. The molecule has 1 atom stereocenters. The average molecular weight is 382 g/mol. The summed E-state index contributed by atoms with van der Waals surface area (Å²) in [6, 6.07) is 16.4. The van der Waals surface area contributed by atoms with E-state index in [1.165, 1.54) is 7.11 Å². The first-order valence-electron chi connectivity index (χ1n) is 9.50. The van der Waals surface area contributed by atoms with Crippen LogP contribution in [0.15, 0.2) is 54.6 Å². The van der Waals surface area contributed by atoms with E-state index in [4.69, 9.17) is 0 Å². The van der Waals surface area contributed by atoms with Crippen molar-refractivity contribution in [3.8, 4) is 0 Å². The molecule has 1 amide bonds. The molecule has 2 N–H and O–H groups in total. The Morgan fingerprint density at radius 2 is 1.75 bits per heavy atom. The van der Waals surface area contributed by atoms with Crippen molar-refractivity contribution < 1.29 is 19.4 Å². The largest absolute Gasteiger partial charge is 0.465 e. The Hall–Kier alpha value is -2.70. The summed E-state index contributed by atoms with van der Waals surface area (Å²) in [5, 5.41) is 13.4. The Kier molecular flexibility index (Phi) is 6.79. The van der Waals surface area contributed by atoms with Gasteiger partial charge in [0.25, 0.3) is 0 Å². The van der Waals surface area contributed by atoms with E-state index in [0.29, 0.717) is 17.8 Å². The normalized spacial score (nSPS) is 16.4. The number of aliphatic hydroxyl groups is 1. The molecule has 1 saturated heterocycles. The predicted molar refractivity (Wildman–Crippen MR) is 107 cm³/mol. The number of carbonyl (C=O) groups excluding carboxylic acids is 2. The Balaban J connectivity index is 1.45. The van der Waals surface area contributed by atoms with Crippen molar-refractivity contribution in [3.63, 3.8) is 0 Å². The van der Waals surface area contributed by atoms with Crippen molar-refractivity contribution in [2.24, 2.45) is 5.92 Å². The topological polar surface area (TPSA) is 78.9 Å². The minimum Gasteiger partial charge on any atom is -0.465 e. The van der Waals surface area contributed by atoms with Crippen LogP contribution in [0.4, 0.5) is 5.69 Å². The lowest BCUT2D eigenvalue weighted by molar-refractivity contribution is -0.117. The van der Waals surface area contributed by atoms with Gasteiger partial charge in [-0.15, -0.1) is 0 Å². The van der Waals surface area contributed by atoms with Crippen molar-refractivity contribution in [1.29, 1.82) is 0 Å². The van der Waals surface area contributed by atoms with Crippen LogP contribution < -0.4 is 5.32 Å². The Morgan fingerprint density at radius 1 is 1.11 bits per heavy atom. The maximum atomic E-state index is 12.3. The molecule has 1 aliphatic heterocycles. The number of aliphatic hydroxyl groups excluding tert-OH is 1.